The summed E-state index contributed by atoms with van der Waals surface area (Å²) in [6, 6.07) is 3.42. The molecule has 0 aliphatic rings. The minimum absolute atomic E-state index is 0.0413. The average Bonchev–Trinajstić information content (AvgIpc) is 2.45. The number of hydrogen-bond donors (Lipinski definition) is 2. The Kier molecular flexibility index (Phi) is 7.19. The number of amides is 2. The molecule has 6 nitrogen and oxygen atoms in total. The lowest BCUT2D eigenvalue weighted by molar-refractivity contribution is -0.121. The Morgan fingerprint density at radius 1 is 1.32 bits per heavy atom. The van der Waals surface area contributed by atoms with Crippen LogP contribution in [0.25, 0.3) is 0 Å². The molecule has 6 heteroatoms. The third-order valence-electron chi connectivity index (χ3n) is 2.42. The molecular weight excluding hydrogens is 246 g/mol. The van der Waals surface area contributed by atoms with Crippen molar-refractivity contribution in [2.45, 2.75) is 12.8 Å². The van der Waals surface area contributed by atoms with E-state index in [0.717, 1.165) is 0 Å². The number of ether oxygens (including phenoxy) is 1. The maximum absolute atomic E-state index is 11.6. The van der Waals surface area contributed by atoms with Crippen molar-refractivity contribution in [2.75, 3.05) is 26.8 Å². The molecule has 104 valence electrons. The van der Waals surface area contributed by atoms with Crippen molar-refractivity contribution >= 4 is 11.8 Å². The van der Waals surface area contributed by atoms with Gasteiger partial charge in [0.25, 0.3) is 5.91 Å². The lowest BCUT2D eigenvalue weighted by Gasteiger charge is -2.06. The number of nitrogens with one attached hydrogen (secondary N) is 2. The van der Waals surface area contributed by atoms with Crippen LogP contribution in [0.15, 0.2) is 24.5 Å². The first-order chi connectivity index (χ1) is 9.24. The summed E-state index contributed by atoms with van der Waals surface area (Å²) in [7, 11) is 1.56. The van der Waals surface area contributed by atoms with Crippen molar-refractivity contribution in [1.29, 1.82) is 0 Å². The second-order valence-corrected chi connectivity index (χ2v) is 3.94. The van der Waals surface area contributed by atoms with Crippen molar-refractivity contribution in [1.82, 2.24) is 15.6 Å². The first-order valence-electron chi connectivity index (χ1n) is 6.18. The number of hydrogen-bond acceptors (Lipinski definition) is 4. The molecular formula is C13H19N3O3. The van der Waals surface area contributed by atoms with Gasteiger partial charge in [-0.15, -0.1) is 0 Å². The number of carbonyl (C=O) groups is 2. The fraction of sp³-hybridized carbons (Fsp3) is 0.462. The number of nitrogens with zero attached hydrogens (tertiary/aromatic N) is 1. The molecule has 0 saturated heterocycles. The second-order valence-electron chi connectivity index (χ2n) is 3.94. The number of pyridine rings is 1. The van der Waals surface area contributed by atoms with Crippen LogP contribution in [0.3, 0.4) is 0 Å². The van der Waals surface area contributed by atoms with Crippen LogP contribution in [0.5, 0.6) is 0 Å². The van der Waals surface area contributed by atoms with Crippen LogP contribution in [0.2, 0.25) is 0 Å². The molecule has 1 heterocycles. The molecule has 0 aliphatic carbocycles. The van der Waals surface area contributed by atoms with Gasteiger partial charge in [-0.25, -0.2) is 0 Å². The standard InChI is InChI=1S/C13H19N3O3/c1-19-9-5-12(17)15-7-3-8-16-13(18)11-4-2-6-14-10-11/h2,4,6,10H,3,5,7-9H2,1H3,(H,15,17)(H,16,18). The van der Waals surface area contributed by atoms with E-state index >= 15 is 0 Å². The SMILES string of the molecule is COCCC(=O)NCCCNC(=O)c1cccnc1. The van der Waals surface area contributed by atoms with Gasteiger partial charge in [0, 0.05) is 39.0 Å². The van der Waals surface area contributed by atoms with E-state index in [1.54, 1.807) is 25.4 Å². The van der Waals surface area contributed by atoms with Gasteiger partial charge in [-0.05, 0) is 18.6 Å². The molecule has 0 bridgehead atoms. The molecule has 1 aromatic rings. The van der Waals surface area contributed by atoms with Crippen LogP contribution in [0.1, 0.15) is 23.2 Å². The molecule has 0 saturated carbocycles. The molecule has 0 radical (unpaired) electrons. The Hall–Kier alpha value is -1.95. The number of aromatic nitrogens is 1. The molecule has 0 spiro atoms. The third kappa shape index (κ3) is 6.52. The van der Waals surface area contributed by atoms with E-state index in [9.17, 15) is 9.59 Å². The molecule has 0 unspecified atom stereocenters. The van der Waals surface area contributed by atoms with Gasteiger partial charge < -0.3 is 15.4 Å². The van der Waals surface area contributed by atoms with Crippen molar-refractivity contribution in [2.24, 2.45) is 0 Å². The number of methoxy groups -OCH3 is 1. The Labute approximate surface area is 112 Å². The zero-order valence-electron chi connectivity index (χ0n) is 11.0. The van der Waals surface area contributed by atoms with Crippen LogP contribution in [0.4, 0.5) is 0 Å². The fourth-order valence-corrected chi connectivity index (χ4v) is 1.40. The van der Waals surface area contributed by atoms with Gasteiger partial charge in [0.05, 0.1) is 12.2 Å². The van der Waals surface area contributed by atoms with Gasteiger partial charge in [-0.1, -0.05) is 0 Å². The smallest absolute Gasteiger partial charge is 0.252 e. The summed E-state index contributed by atoms with van der Waals surface area (Å²) >= 11 is 0. The van der Waals surface area contributed by atoms with E-state index in [4.69, 9.17) is 4.74 Å². The van der Waals surface area contributed by atoms with E-state index in [0.29, 0.717) is 38.1 Å². The highest BCUT2D eigenvalue weighted by Crippen LogP contribution is 1.94. The quantitative estimate of drug-likeness (QED) is 0.665. The Balaban J connectivity index is 2.08. The average molecular weight is 265 g/mol. The van der Waals surface area contributed by atoms with Crippen LogP contribution in [-0.4, -0.2) is 43.6 Å². The zero-order chi connectivity index (χ0) is 13.9. The lowest BCUT2D eigenvalue weighted by atomic mass is 10.2. The Morgan fingerprint density at radius 3 is 2.79 bits per heavy atom. The summed E-state index contributed by atoms with van der Waals surface area (Å²) in [6.07, 6.45) is 4.18. The fourth-order valence-electron chi connectivity index (χ4n) is 1.40. The van der Waals surface area contributed by atoms with Crippen molar-refractivity contribution < 1.29 is 14.3 Å². The number of rotatable bonds is 8. The maximum atomic E-state index is 11.6. The monoisotopic (exact) mass is 265 g/mol. The van der Waals surface area contributed by atoms with E-state index in [1.807, 2.05) is 0 Å². The van der Waals surface area contributed by atoms with Crippen molar-refractivity contribution in [3.63, 3.8) is 0 Å². The summed E-state index contributed by atoms with van der Waals surface area (Å²) in [6.45, 7) is 1.47. The largest absolute Gasteiger partial charge is 0.384 e. The molecule has 0 fully saturated rings. The molecule has 2 amide bonds. The van der Waals surface area contributed by atoms with Crippen LogP contribution in [-0.2, 0) is 9.53 Å². The minimum atomic E-state index is -0.154. The summed E-state index contributed by atoms with van der Waals surface area (Å²) in [5.74, 6) is -0.195. The summed E-state index contributed by atoms with van der Waals surface area (Å²) < 4.78 is 4.80. The molecule has 1 rings (SSSR count). The van der Waals surface area contributed by atoms with E-state index in [1.165, 1.54) is 6.20 Å². The van der Waals surface area contributed by atoms with Crippen molar-refractivity contribution in [3.8, 4) is 0 Å². The summed E-state index contributed by atoms with van der Waals surface area (Å²) in [5, 5.41) is 5.51. The topological polar surface area (TPSA) is 80.3 Å². The van der Waals surface area contributed by atoms with Crippen LogP contribution in [0, 0.1) is 0 Å². The van der Waals surface area contributed by atoms with Gasteiger partial charge in [0.15, 0.2) is 0 Å². The molecule has 1 aromatic heterocycles. The first-order valence-corrected chi connectivity index (χ1v) is 6.18. The van der Waals surface area contributed by atoms with Crippen molar-refractivity contribution in [3.05, 3.63) is 30.1 Å². The molecule has 0 aromatic carbocycles. The lowest BCUT2D eigenvalue weighted by Crippen LogP contribution is -2.30. The Morgan fingerprint density at radius 2 is 2.11 bits per heavy atom. The molecule has 0 aliphatic heterocycles. The summed E-state index contributed by atoms with van der Waals surface area (Å²) in [4.78, 5) is 26.7. The normalized spacial score (nSPS) is 9.95. The molecule has 19 heavy (non-hydrogen) atoms. The van der Waals surface area contributed by atoms with E-state index < -0.39 is 0 Å². The molecule has 2 N–H and O–H groups in total. The van der Waals surface area contributed by atoms with Gasteiger partial charge in [0.1, 0.15) is 0 Å². The zero-order valence-corrected chi connectivity index (χ0v) is 11.0. The minimum Gasteiger partial charge on any atom is -0.384 e. The van der Waals surface area contributed by atoms with Gasteiger partial charge in [-0.3, -0.25) is 14.6 Å². The summed E-state index contributed by atoms with van der Waals surface area (Å²) in [5.41, 5.74) is 0.534. The van der Waals surface area contributed by atoms with Gasteiger partial charge >= 0.3 is 0 Å². The van der Waals surface area contributed by atoms with Gasteiger partial charge in [-0.2, -0.15) is 0 Å². The second kappa shape index (κ2) is 9.04. The highest BCUT2D eigenvalue weighted by Gasteiger charge is 2.04. The van der Waals surface area contributed by atoms with Crippen LogP contribution >= 0.6 is 0 Å². The Bertz CT molecular complexity index is 395. The third-order valence-corrected chi connectivity index (χ3v) is 2.42. The maximum Gasteiger partial charge on any atom is 0.252 e. The van der Waals surface area contributed by atoms with Crippen LogP contribution < -0.4 is 10.6 Å². The van der Waals surface area contributed by atoms with Gasteiger partial charge in [0.2, 0.25) is 5.91 Å². The first kappa shape index (κ1) is 15.1. The molecule has 0 atom stereocenters. The highest BCUT2D eigenvalue weighted by atomic mass is 16.5. The predicted octanol–water partition coefficient (Wildman–Crippen LogP) is 0.354. The predicted molar refractivity (Wildman–Crippen MR) is 70.7 cm³/mol. The van der Waals surface area contributed by atoms with E-state index in [-0.39, 0.29) is 11.8 Å². The highest BCUT2D eigenvalue weighted by molar-refractivity contribution is 5.93. The number of carbonyl (C=O) groups excluding carboxylic acids is 2. The van der Waals surface area contributed by atoms with E-state index in [2.05, 4.69) is 15.6 Å².